The van der Waals surface area contributed by atoms with Gasteiger partial charge in [-0.2, -0.15) is 0 Å². The second-order valence-electron chi connectivity index (χ2n) is 6.77. The van der Waals surface area contributed by atoms with Crippen LogP contribution < -0.4 is 20.1 Å². The fourth-order valence-electron chi connectivity index (χ4n) is 3.44. The minimum atomic E-state index is 0.459. The molecule has 5 nitrogen and oxygen atoms in total. The minimum absolute atomic E-state index is 0.459. The lowest BCUT2D eigenvalue weighted by molar-refractivity contribution is 0.146. The topological polar surface area (TPSA) is 57.0 Å². The number of ether oxygens (including phenoxy) is 3. The van der Waals surface area contributed by atoms with Gasteiger partial charge >= 0.3 is 0 Å². The van der Waals surface area contributed by atoms with Crippen LogP contribution in [0, 0.1) is 0 Å². The van der Waals surface area contributed by atoms with Crippen LogP contribution >= 0.6 is 0 Å². The van der Waals surface area contributed by atoms with Gasteiger partial charge in [0, 0.05) is 38.0 Å². The normalized spacial score (nSPS) is 14.7. The molecule has 1 heterocycles. The maximum Gasteiger partial charge on any atom is 0.133 e. The third-order valence-corrected chi connectivity index (χ3v) is 4.87. The molecule has 0 aliphatic carbocycles. The van der Waals surface area contributed by atoms with E-state index in [1.807, 2.05) is 30.3 Å². The first kappa shape index (κ1) is 19.5. The Kier molecular flexibility index (Phi) is 7.36. The number of hydrogen-bond acceptors (Lipinski definition) is 5. The van der Waals surface area contributed by atoms with Gasteiger partial charge in [0.1, 0.15) is 23.9 Å². The number of methoxy groups -OCH3 is 1. The molecular weight excluding hydrogens is 340 g/mol. The predicted molar refractivity (Wildman–Crippen MR) is 109 cm³/mol. The molecule has 0 spiro atoms. The van der Waals surface area contributed by atoms with E-state index in [4.69, 9.17) is 19.9 Å². The van der Waals surface area contributed by atoms with Crippen LogP contribution in [0.1, 0.15) is 31.2 Å². The summed E-state index contributed by atoms with van der Waals surface area (Å²) in [6.07, 6.45) is 5.09. The molecule has 5 heteroatoms. The van der Waals surface area contributed by atoms with E-state index >= 15 is 0 Å². The summed E-state index contributed by atoms with van der Waals surface area (Å²) in [6.45, 7) is 3.74. The molecule has 0 saturated carbocycles. The fraction of sp³-hybridized carbons (Fsp3) is 0.455. The van der Waals surface area contributed by atoms with Crippen molar-refractivity contribution in [2.75, 3.05) is 38.3 Å². The third-order valence-electron chi connectivity index (χ3n) is 4.87. The van der Waals surface area contributed by atoms with Gasteiger partial charge in [0.25, 0.3) is 0 Å². The molecule has 1 aliphatic rings. The Labute approximate surface area is 162 Å². The van der Waals surface area contributed by atoms with Crippen LogP contribution in [0.25, 0.3) is 0 Å². The Morgan fingerprint density at radius 2 is 1.59 bits per heavy atom. The van der Waals surface area contributed by atoms with Crippen molar-refractivity contribution in [2.45, 2.75) is 32.2 Å². The van der Waals surface area contributed by atoms with Gasteiger partial charge in [-0.25, -0.2) is 0 Å². The molecule has 2 aromatic rings. The van der Waals surface area contributed by atoms with Crippen LogP contribution in [0.15, 0.2) is 42.5 Å². The molecule has 0 bridgehead atoms. The Morgan fingerprint density at radius 1 is 0.889 bits per heavy atom. The summed E-state index contributed by atoms with van der Waals surface area (Å²) in [7, 11) is 1.66. The number of nitrogens with two attached hydrogens (primary N) is 1. The lowest BCUT2D eigenvalue weighted by atomic mass is 10.1. The van der Waals surface area contributed by atoms with Crippen molar-refractivity contribution in [2.24, 2.45) is 5.73 Å². The first-order valence-electron chi connectivity index (χ1n) is 9.78. The van der Waals surface area contributed by atoms with Gasteiger partial charge in [-0.3, -0.25) is 0 Å². The Balaban J connectivity index is 1.73. The molecule has 0 unspecified atom stereocenters. The highest BCUT2D eigenvalue weighted by Crippen LogP contribution is 2.34. The first-order chi connectivity index (χ1) is 13.3. The van der Waals surface area contributed by atoms with Crippen molar-refractivity contribution in [3.63, 3.8) is 0 Å². The second-order valence-corrected chi connectivity index (χ2v) is 6.77. The Bertz CT molecular complexity index is 695. The summed E-state index contributed by atoms with van der Waals surface area (Å²) < 4.78 is 16.8. The van der Waals surface area contributed by atoms with Gasteiger partial charge in [0.15, 0.2) is 0 Å². The number of anilines is 1. The molecule has 1 aliphatic heterocycles. The van der Waals surface area contributed by atoms with Gasteiger partial charge in [-0.05, 0) is 49.2 Å². The molecule has 0 radical (unpaired) electrons. The zero-order valence-corrected chi connectivity index (χ0v) is 16.2. The predicted octanol–water partition coefficient (Wildman–Crippen LogP) is 4.34. The quantitative estimate of drug-likeness (QED) is 0.701. The van der Waals surface area contributed by atoms with Gasteiger partial charge in [-0.15, -0.1) is 0 Å². The SMILES string of the molecule is COCCOc1ccc(Oc2cccc(N3CCCCCC3)c2CN)cc1. The van der Waals surface area contributed by atoms with Gasteiger partial charge in [0.05, 0.1) is 6.61 Å². The Hall–Kier alpha value is -2.24. The van der Waals surface area contributed by atoms with Crippen molar-refractivity contribution in [3.05, 3.63) is 48.0 Å². The molecule has 3 rings (SSSR count). The number of nitrogens with zero attached hydrogens (tertiary/aromatic N) is 1. The summed E-state index contributed by atoms with van der Waals surface area (Å²) in [5, 5.41) is 0. The molecular formula is C22H30N2O3. The molecule has 1 saturated heterocycles. The zero-order chi connectivity index (χ0) is 18.9. The van der Waals surface area contributed by atoms with Gasteiger partial charge in [-0.1, -0.05) is 18.9 Å². The maximum atomic E-state index is 6.16. The van der Waals surface area contributed by atoms with E-state index in [0.717, 1.165) is 35.9 Å². The zero-order valence-electron chi connectivity index (χ0n) is 16.2. The van der Waals surface area contributed by atoms with Crippen LogP contribution in [-0.2, 0) is 11.3 Å². The highest BCUT2D eigenvalue weighted by atomic mass is 16.5. The largest absolute Gasteiger partial charge is 0.491 e. The van der Waals surface area contributed by atoms with Crippen molar-refractivity contribution in [1.29, 1.82) is 0 Å². The summed E-state index contributed by atoms with van der Waals surface area (Å²) >= 11 is 0. The molecule has 0 aromatic heterocycles. The first-order valence-corrected chi connectivity index (χ1v) is 9.78. The highest BCUT2D eigenvalue weighted by Gasteiger charge is 2.16. The average Bonchev–Trinajstić information content (AvgIpc) is 2.99. The summed E-state index contributed by atoms with van der Waals surface area (Å²) in [4.78, 5) is 2.45. The summed E-state index contributed by atoms with van der Waals surface area (Å²) in [5.41, 5.74) is 8.38. The van der Waals surface area contributed by atoms with Crippen LogP contribution in [0.2, 0.25) is 0 Å². The van der Waals surface area contributed by atoms with Crippen molar-refractivity contribution in [3.8, 4) is 17.2 Å². The smallest absolute Gasteiger partial charge is 0.133 e. The highest BCUT2D eigenvalue weighted by molar-refractivity contribution is 5.60. The van der Waals surface area contributed by atoms with E-state index in [0.29, 0.717) is 19.8 Å². The number of benzene rings is 2. The standard InChI is InChI=1S/C22H30N2O3/c1-25-15-16-26-18-9-11-19(12-10-18)27-22-8-6-7-21(20(22)17-23)24-13-4-2-3-5-14-24/h6-12H,2-5,13-17,23H2,1H3. The number of hydrogen-bond donors (Lipinski definition) is 1. The monoisotopic (exact) mass is 370 g/mol. The van der Waals surface area contributed by atoms with Crippen molar-refractivity contribution in [1.82, 2.24) is 0 Å². The third kappa shape index (κ3) is 5.37. The van der Waals surface area contributed by atoms with Crippen LogP contribution in [0.5, 0.6) is 17.2 Å². The summed E-state index contributed by atoms with van der Waals surface area (Å²) in [6, 6.07) is 13.9. The van der Waals surface area contributed by atoms with E-state index in [2.05, 4.69) is 17.0 Å². The van der Waals surface area contributed by atoms with E-state index in [-0.39, 0.29) is 0 Å². The van der Waals surface area contributed by atoms with Crippen LogP contribution in [0.3, 0.4) is 0 Å². The lowest BCUT2D eigenvalue weighted by Crippen LogP contribution is -2.25. The molecule has 27 heavy (non-hydrogen) atoms. The molecule has 2 N–H and O–H groups in total. The number of rotatable bonds is 8. The van der Waals surface area contributed by atoms with E-state index in [1.54, 1.807) is 7.11 Å². The fourth-order valence-corrected chi connectivity index (χ4v) is 3.44. The van der Waals surface area contributed by atoms with Crippen LogP contribution in [-0.4, -0.2) is 33.4 Å². The molecule has 0 atom stereocenters. The average molecular weight is 370 g/mol. The van der Waals surface area contributed by atoms with Gasteiger partial charge in [0.2, 0.25) is 0 Å². The van der Waals surface area contributed by atoms with E-state index < -0.39 is 0 Å². The Morgan fingerprint density at radius 3 is 2.26 bits per heavy atom. The lowest BCUT2D eigenvalue weighted by Gasteiger charge is -2.26. The molecule has 1 fully saturated rings. The molecule has 0 amide bonds. The molecule has 146 valence electrons. The second kappa shape index (κ2) is 10.2. The van der Waals surface area contributed by atoms with E-state index in [1.165, 1.54) is 31.4 Å². The minimum Gasteiger partial charge on any atom is -0.491 e. The van der Waals surface area contributed by atoms with Gasteiger partial charge < -0.3 is 24.8 Å². The van der Waals surface area contributed by atoms with Crippen molar-refractivity contribution < 1.29 is 14.2 Å². The molecule has 2 aromatic carbocycles. The van der Waals surface area contributed by atoms with Crippen LogP contribution in [0.4, 0.5) is 5.69 Å². The van der Waals surface area contributed by atoms with E-state index in [9.17, 15) is 0 Å². The van der Waals surface area contributed by atoms with Crippen molar-refractivity contribution >= 4 is 5.69 Å². The summed E-state index contributed by atoms with van der Waals surface area (Å²) in [5.74, 6) is 2.40. The maximum absolute atomic E-state index is 6.16.